The van der Waals surface area contributed by atoms with E-state index in [0.29, 0.717) is 73.9 Å². The van der Waals surface area contributed by atoms with Crippen molar-refractivity contribution < 1.29 is 23.8 Å². The summed E-state index contributed by atoms with van der Waals surface area (Å²) < 4.78 is 29.6. The van der Waals surface area contributed by atoms with Crippen LogP contribution in [0.3, 0.4) is 0 Å². The Hall–Kier alpha value is -5.30. The van der Waals surface area contributed by atoms with E-state index in [-0.39, 0.29) is 24.1 Å². The van der Waals surface area contributed by atoms with Gasteiger partial charge in [0, 0.05) is 68.8 Å². The third-order valence-electron chi connectivity index (χ3n) is 10.1. The van der Waals surface area contributed by atoms with Gasteiger partial charge in [-0.3, -0.25) is 29.6 Å². The number of nitrogen functional groups attached to an aromatic ring is 1. The molecule has 7 rings (SSSR count). The molecule has 4 aromatic rings. The van der Waals surface area contributed by atoms with Gasteiger partial charge in [-0.1, -0.05) is 30.3 Å². The number of amides is 2. The van der Waals surface area contributed by atoms with Crippen molar-refractivity contribution in [2.75, 3.05) is 49.9 Å². The molecule has 50 heavy (non-hydrogen) atoms. The van der Waals surface area contributed by atoms with Gasteiger partial charge in [0.2, 0.25) is 17.5 Å². The third-order valence-corrected chi connectivity index (χ3v) is 10.1. The van der Waals surface area contributed by atoms with Gasteiger partial charge in [0.25, 0.3) is 5.92 Å². The summed E-state index contributed by atoms with van der Waals surface area (Å²) in [4.78, 5) is 41.1. The molecule has 1 spiro atoms. The highest BCUT2D eigenvalue weighted by atomic mass is 19.3. The summed E-state index contributed by atoms with van der Waals surface area (Å²) in [6.07, 6.45) is 7.20. The van der Waals surface area contributed by atoms with Crippen LogP contribution in [0.1, 0.15) is 48.6 Å². The lowest BCUT2D eigenvalue weighted by atomic mass is 9.85. The van der Waals surface area contributed by atoms with E-state index in [9.17, 15) is 18.4 Å². The number of rotatable bonds is 8. The molecule has 0 aliphatic carbocycles. The lowest BCUT2D eigenvalue weighted by Crippen LogP contribution is -2.43. The van der Waals surface area contributed by atoms with Crippen LogP contribution in [-0.4, -0.2) is 86.3 Å². The van der Waals surface area contributed by atoms with Crippen LogP contribution in [0, 0.1) is 5.41 Å². The zero-order valence-electron chi connectivity index (χ0n) is 28.1. The van der Waals surface area contributed by atoms with Crippen LogP contribution in [0.4, 0.5) is 20.2 Å². The fraction of sp³-hybridized carbons (Fsp3) is 0.351. The van der Waals surface area contributed by atoms with Gasteiger partial charge in [0.1, 0.15) is 12.0 Å². The Kier molecular flexibility index (Phi) is 8.54. The van der Waals surface area contributed by atoms with Crippen molar-refractivity contribution >= 4 is 34.5 Å². The molecule has 2 saturated heterocycles. The average Bonchev–Trinajstić information content (AvgIpc) is 3.83. The molecule has 2 fully saturated rings. The molecule has 258 valence electrons. The smallest absolute Gasteiger partial charge is 0.286 e. The first kappa shape index (κ1) is 33.2. The van der Waals surface area contributed by atoms with Crippen molar-refractivity contribution in [2.45, 2.75) is 32.1 Å². The number of carbonyl (C=O) groups excluding carboxylic acids is 2. The molecule has 5 heterocycles. The molecular formula is C37H40F2N9O2+. The Morgan fingerprint density at radius 2 is 1.78 bits per heavy atom. The van der Waals surface area contributed by atoms with Gasteiger partial charge in [-0.05, 0) is 67.3 Å². The molecule has 13 heteroatoms. The molecule has 2 amide bonds. The van der Waals surface area contributed by atoms with Gasteiger partial charge in [0.05, 0.1) is 17.5 Å². The normalized spacial score (nSPS) is 19.8. The van der Waals surface area contributed by atoms with Crippen LogP contribution >= 0.6 is 0 Å². The minimum Gasteiger partial charge on any atom is -0.398 e. The van der Waals surface area contributed by atoms with Crippen molar-refractivity contribution in [3.8, 4) is 11.4 Å². The second kappa shape index (κ2) is 12.9. The highest BCUT2D eigenvalue weighted by Gasteiger charge is 2.51. The second-order valence-electron chi connectivity index (χ2n) is 13.6. The van der Waals surface area contributed by atoms with Crippen molar-refractivity contribution in [3.05, 3.63) is 95.6 Å². The largest absolute Gasteiger partial charge is 0.398 e. The minimum absolute atomic E-state index is 0.00829. The number of nitrogens with two attached hydrogens (primary N) is 2. The van der Waals surface area contributed by atoms with Crippen LogP contribution in [-0.2, 0) is 22.6 Å². The molecule has 2 aromatic heterocycles. The standard InChI is InChI=1S/C37H39F2N9O2/c1-36(38,39)31-19-27(9-14-42-31)33(41)29-20-28(7-8-30(29)40)48-18-13-37(35(48)50)12-17-46(22-37)21-32(49)47-15-10-25(11-16-47)24-3-5-26(6-4-24)34-43-23-45(2)44-34/h3-10,14,19-20,23,41H,11-13,15-18,21-22,40H2,1-2H3/p+1/t37-/m0/s1. The maximum atomic E-state index is 14.0. The Bertz CT molecular complexity index is 2000. The number of pyridine rings is 1. The van der Waals surface area contributed by atoms with E-state index < -0.39 is 17.0 Å². The molecular weight excluding hydrogens is 640 g/mol. The zero-order valence-corrected chi connectivity index (χ0v) is 28.1. The molecule has 4 N–H and O–H groups in total. The predicted octanol–water partition coefficient (Wildman–Crippen LogP) is 2.91. The van der Waals surface area contributed by atoms with E-state index in [1.807, 2.05) is 24.1 Å². The fourth-order valence-corrected chi connectivity index (χ4v) is 7.23. The number of aryl methyl sites for hydroxylation is 1. The second-order valence-corrected chi connectivity index (χ2v) is 13.6. The van der Waals surface area contributed by atoms with Crippen molar-refractivity contribution in [2.24, 2.45) is 12.5 Å². The van der Waals surface area contributed by atoms with Gasteiger partial charge in [0.15, 0.2) is 5.82 Å². The summed E-state index contributed by atoms with van der Waals surface area (Å²) in [7, 11) is 1.84. The van der Waals surface area contributed by atoms with E-state index in [4.69, 9.17) is 11.1 Å². The monoisotopic (exact) mass is 680 g/mol. The first-order valence-electron chi connectivity index (χ1n) is 16.7. The van der Waals surface area contributed by atoms with E-state index in [2.05, 4.69) is 38.2 Å². The summed E-state index contributed by atoms with van der Waals surface area (Å²) in [5.74, 6) is -2.37. The first-order chi connectivity index (χ1) is 23.9. The molecule has 3 aliphatic rings. The van der Waals surface area contributed by atoms with Gasteiger partial charge >= 0.3 is 0 Å². The molecule has 1 atom stereocenters. The van der Waals surface area contributed by atoms with Crippen LogP contribution in [0.25, 0.3) is 17.0 Å². The van der Waals surface area contributed by atoms with Gasteiger partial charge in [-0.2, -0.15) is 13.9 Å². The summed E-state index contributed by atoms with van der Waals surface area (Å²) in [5.41, 5.74) is 10.7. The van der Waals surface area contributed by atoms with Crippen LogP contribution in [0.5, 0.6) is 0 Å². The Labute approximate surface area is 288 Å². The number of hydrogen-bond acceptors (Lipinski definition) is 7. The topological polar surface area (TPSA) is 139 Å². The summed E-state index contributed by atoms with van der Waals surface area (Å²) in [5, 5.41) is 10.8. The van der Waals surface area contributed by atoms with E-state index in [1.165, 1.54) is 17.8 Å². The minimum atomic E-state index is -3.12. The number of carbonyl (C=O) groups is 2. The lowest BCUT2D eigenvalue weighted by molar-refractivity contribution is -0.132. The highest BCUT2D eigenvalue weighted by Crippen LogP contribution is 2.43. The number of nitrogens with zero attached hydrogens (tertiary/aromatic N) is 7. The Morgan fingerprint density at radius 3 is 2.48 bits per heavy atom. The molecule has 0 bridgehead atoms. The molecule has 0 radical (unpaired) electrons. The fourth-order valence-electron chi connectivity index (χ4n) is 7.23. The Morgan fingerprint density at radius 1 is 1.02 bits per heavy atom. The number of halogens is 2. The van der Waals surface area contributed by atoms with Crippen LogP contribution in [0.15, 0.2) is 73.2 Å². The summed E-state index contributed by atoms with van der Waals surface area (Å²) in [6.45, 7) is 3.94. The number of benzene rings is 2. The maximum Gasteiger partial charge on any atom is 0.286 e. The molecule has 2 aromatic carbocycles. The van der Waals surface area contributed by atoms with Crippen molar-refractivity contribution in [1.82, 2.24) is 29.5 Å². The van der Waals surface area contributed by atoms with Crippen molar-refractivity contribution in [3.63, 3.8) is 0 Å². The molecule has 0 saturated carbocycles. The van der Waals surface area contributed by atoms with E-state index in [0.717, 1.165) is 24.5 Å². The predicted molar refractivity (Wildman–Crippen MR) is 186 cm³/mol. The molecule has 3 aliphatic heterocycles. The quantitative estimate of drug-likeness (QED) is 0.216. The maximum absolute atomic E-state index is 14.0. The first-order valence-corrected chi connectivity index (χ1v) is 16.7. The van der Waals surface area contributed by atoms with E-state index in [1.54, 1.807) is 40.2 Å². The van der Waals surface area contributed by atoms with Gasteiger partial charge < -0.3 is 15.5 Å². The molecule has 0 unspecified atom stereocenters. The average molecular weight is 681 g/mol. The zero-order chi connectivity index (χ0) is 35.2. The third kappa shape index (κ3) is 6.40. The number of hydrogen-bond donors (Lipinski definition) is 2. The number of likely N-dealkylation sites (tertiary alicyclic amines) is 1. The SMILES string of the molecule is Cn1cnc(-c2ccc(C3=CCN(C(=O)CN4CC[C@]5(CCN(c6ccc(N)c(C(=[NH2+])c7ccnc(C(C)(F)F)c7)c6)C5=O)C4)CC3)cc2)n1. The summed E-state index contributed by atoms with van der Waals surface area (Å²) in [6, 6.07) is 16.2. The van der Waals surface area contributed by atoms with Gasteiger partial charge in [-0.25, -0.2) is 4.98 Å². The Balaban J connectivity index is 0.966. The number of aromatic nitrogens is 4. The number of alkyl halides is 2. The summed E-state index contributed by atoms with van der Waals surface area (Å²) >= 11 is 0. The van der Waals surface area contributed by atoms with Crippen LogP contribution in [0.2, 0.25) is 0 Å². The van der Waals surface area contributed by atoms with Crippen LogP contribution < -0.4 is 16.0 Å². The van der Waals surface area contributed by atoms with Gasteiger partial charge in [-0.15, -0.1) is 0 Å². The highest BCUT2D eigenvalue weighted by molar-refractivity contribution is 6.13. The molecule has 11 nitrogen and oxygen atoms in total. The van der Waals surface area contributed by atoms with E-state index >= 15 is 0 Å². The number of anilines is 2. The van der Waals surface area contributed by atoms with Crippen molar-refractivity contribution in [1.29, 1.82) is 0 Å². The lowest BCUT2D eigenvalue weighted by Gasteiger charge is -2.29.